The van der Waals surface area contributed by atoms with E-state index in [1.54, 1.807) is 4.52 Å². The molecular formula is C7H8N4. The Bertz CT molecular complexity index is 365. The quantitative estimate of drug-likeness (QED) is 0.597. The summed E-state index contributed by atoms with van der Waals surface area (Å²) in [5.74, 6) is 0. The number of aryl methyl sites for hydroxylation is 1. The summed E-state index contributed by atoms with van der Waals surface area (Å²) >= 11 is 0. The highest BCUT2D eigenvalue weighted by molar-refractivity contribution is 5.36. The Balaban J connectivity index is 2.79. The second kappa shape index (κ2) is 2.30. The minimum absolute atomic E-state index is 0.810. The van der Waals surface area contributed by atoms with E-state index in [0.29, 0.717) is 0 Å². The maximum Gasteiger partial charge on any atom is 0.179 e. The first-order valence-electron chi connectivity index (χ1n) is 3.58. The Hall–Kier alpha value is -1.45. The van der Waals surface area contributed by atoms with Gasteiger partial charge in [-0.15, -0.1) is 5.10 Å². The summed E-state index contributed by atoms with van der Waals surface area (Å²) in [5, 5.41) is 11.2. The van der Waals surface area contributed by atoms with Gasteiger partial charge in [-0.2, -0.15) is 4.52 Å². The van der Waals surface area contributed by atoms with Crippen LogP contribution in [0.1, 0.15) is 12.6 Å². The topological polar surface area (TPSA) is 43.1 Å². The molecule has 0 fully saturated rings. The van der Waals surface area contributed by atoms with Crippen molar-refractivity contribution >= 4 is 5.65 Å². The lowest BCUT2D eigenvalue weighted by atomic mass is 10.3. The van der Waals surface area contributed by atoms with Crippen LogP contribution >= 0.6 is 0 Å². The lowest BCUT2D eigenvalue weighted by Crippen LogP contribution is -1.95. The SMILES string of the molecule is CCc1cccc2nnnn12. The van der Waals surface area contributed by atoms with Crippen molar-refractivity contribution in [3.05, 3.63) is 23.9 Å². The lowest BCUT2D eigenvalue weighted by molar-refractivity contribution is 0.783. The van der Waals surface area contributed by atoms with E-state index in [-0.39, 0.29) is 0 Å². The first kappa shape index (κ1) is 6.27. The minimum atomic E-state index is 0.810. The van der Waals surface area contributed by atoms with Crippen LogP contribution in [0.25, 0.3) is 5.65 Å². The Morgan fingerprint density at radius 3 is 3.18 bits per heavy atom. The van der Waals surface area contributed by atoms with E-state index in [0.717, 1.165) is 17.8 Å². The van der Waals surface area contributed by atoms with Crippen molar-refractivity contribution in [3.8, 4) is 0 Å². The third kappa shape index (κ3) is 0.869. The molecule has 0 amide bonds. The van der Waals surface area contributed by atoms with Gasteiger partial charge in [0, 0.05) is 5.69 Å². The molecule has 0 aliphatic carbocycles. The molecule has 0 N–H and O–H groups in total. The molecule has 0 aliphatic rings. The summed E-state index contributed by atoms with van der Waals surface area (Å²) < 4.78 is 1.75. The summed E-state index contributed by atoms with van der Waals surface area (Å²) in [7, 11) is 0. The third-order valence-corrected chi connectivity index (χ3v) is 1.66. The van der Waals surface area contributed by atoms with Gasteiger partial charge in [-0.25, -0.2) is 0 Å². The van der Waals surface area contributed by atoms with Crippen LogP contribution in [-0.4, -0.2) is 20.0 Å². The van der Waals surface area contributed by atoms with Gasteiger partial charge in [0.1, 0.15) is 0 Å². The van der Waals surface area contributed by atoms with Crippen LogP contribution in [0, 0.1) is 0 Å². The van der Waals surface area contributed by atoms with Crippen LogP contribution in [0.3, 0.4) is 0 Å². The van der Waals surface area contributed by atoms with Crippen molar-refractivity contribution in [2.45, 2.75) is 13.3 Å². The van der Waals surface area contributed by atoms with Gasteiger partial charge in [0.05, 0.1) is 0 Å². The second-order valence-corrected chi connectivity index (χ2v) is 2.32. The first-order chi connectivity index (χ1) is 5.42. The molecule has 56 valence electrons. The van der Waals surface area contributed by atoms with Gasteiger partial charge < -0.3 is 0 Å². The molecule has 0 radical (unpaired) electrons. The standard InChI is InChI=1S/C7H8N4/c1-2-6-4-3-5-7-8-9-10-11(6)7/h3-5H,2H2,1H3. The number of pyridine rings is 1. The monoisotopic (exact) mass is 148 g/mol. The van der Waals surface area contributed by atoms with E-state index >= 15 is 0 Å². The molecule has 0 spiro atoms. The number of hydrogen-bond donors (Lipinski definition) is 0. The average Bonchev–Trinajstić information content (AvgIpc) is 2.50. The normalized spacial score (nSPS) is 10.6. The zero-order valence-corrected chi connectivity index (χ0v) is 6.23. The summed E-state index contributed by atoms with van der Waals surface area (Å²) in [4.78, 5) is 0. The fraction of sp³-hybridized carbons (Fsp3) is 0.286. The van der Waals surface area contributed by atoms with Gasteiger partial charge >= 0.3 is 0 Å². The molecule has 0 unspecified atom stereocenters. The highest BCUT2D eigenvalue weighted by atomic mass is 15.5. The van der Waals surface area contributed by atoms with Crippen molar-refractivity contribution in [2.75, 3.05) is 0 Å². The zero-order valence-electron chi connectivity index (χ0n) is 6.23. The smallest absolute Gasteiger partial charge is 0.179 e. The first-order valence-corrected chi connectivity index (χ1v) is 3.58. The predicted octanol–water partition coefficient (Wildman–Crippen LogP) is 0.687. The Morgan fingerprint density at radius 2 is 2.36 bits per heavy atom. The van der Waals surface area contributed by atoms with Crippen LogP contribution < -0.4 is 0 Å². The largest absolute Gasteiger partial charge is 0.198 e. The fourth-order valence-corrected chi connectivity index (χ4v) is 1.09. The zero-order chi connectivity index (χ0) is 7.68. The summed E-state index contributed by atoms with van der Waals surface area (Å²) in [5.41, 5.74) is 1.94. The van der Waals surface area contributed by atoms with Crippen LogP contribution in [0.2, 0.25) is 0 Å². The fourth-order valence-electron chi connectivity index (χ4n) is 1.09. The van der Waals surface area contributed by atoms with Crippen LogP contribution in [0.5, 0.6) is 0 Å². The van der Waals surface area contributed by atoms with E-state index in [2.05, 4.69) is 22.4 Å². The van der Waals surface area contributed by atoms with Gasteiger partial charge in [-0.1, -0.05) is 13.0 Å². The minimum Gasteiger partial charge on any atom is -0.198 e. The summed E-state index contributed by atoms with van der Waals surface area (Å²) in [6.07, 6.45) is 0.947. The molecule has 2 heterocycles. The van der Waals surface area contributed by atoms with Gasteiger partial charge in [-0.05, 0) is 29.0 Å². The molecule has 0 aliphatic heterocycles. The summed E-state index contributed by atoms with van der Waals surface area (Å²) in [6, 6.07) is 5.87. The predicted molar refractivity (Wildman–Crippen MR) is 40.2 cm³/mol. The molecule has 11 heavy (non-hydrogen) atoms. The highest BCUT2D eigenvalue weighted by Crippen LogP contribution is 2.02. The Kier molecular flexibility index (Phi) is 1.31. The molecule has 0 aromatic carbocycles. The molecular weight excluding hydrogens is 140 g/mol. The number of rotatable bonds is 1. The van der Waals surface area contributed by atoms with Crippen LogP contribution in [0.15, 0.2) is 18.2 Å². The van der Waals surface area contributed by atoms with Crippen molar-refractivity contribution in [1.82, 2.24) is 20.0 Å². The van der Waals surface area contributed by atoms with Gasteiger partial charge in [0.15, 0.2) is 5.65 Å². The molecule has 2 aromatic rings. The van der Waals surface area contributed by atoms with E-state index in [1.807, 2.05) is 18.2 Å². The Labute approximate surface area is 63.8 Å². The van der Waals surface area contributed by atoms with Crippen LogP contribution in [0.4, 0.5) is 0 Å². The van der Waals surface area contributed by atoms with Crippen molar-refractivity contribution in [1.29, 1.82) is 0 Å². The molecule has 4 nitrogen and oxygen atoms in total. The van der Waals surface area contributed by atoms with Crippen molar-refractivity contribution in [3.63, 3.8) is 0 Å². The molecule has 2 rings (SSSR count). The maximum absolute atomic E-state index is 3.85. The molecule has 0 saturated heterocycles. The summed E-state index contributed by atoms with van der Waals surface area (Å²) in [6.45, 7) is 2.08. The molecule has 0 bridgehead atoms. The average molecular weight is 148 g/mol. The number of tetrazole rings is 1. The van der Waals surface area contributed by atoms with E-state index in [1.165, 1.54) is 0 Å². The Morgan fingerprint density at radius 1 is 1.45 bits per heavy atom. The molecule has 2 aromatic heterocycles. The molecule has 0 atom stereocenters. The van der Waals surface area contributed by atoms with E-state index < -0.39 is 0 Å². The third-order valence-electron chi connectivity index (χ3n) is 1.66. The number of nitrogens with zero attached hydrogens (tertiary/aromatic N) is 4. The maximum atomic E-state index is 3.85. The van der Waals surface area contributed by atoms with Crippen LogP contribution in [-0.2, 0) is 6.42 Å². The lowest BCUT2D eigenvalue weighted by Gasteiger charge is -1.96. The molecule has 0 saturated carbocycles. The van der Waals surface area contributed by atoms with Gasteiger partial charge in [0.2, 0.25) is 0 Å². The number of fused-ring (bicyclic) bond motifs is 1. The highest BCUT2D eigenvalue weighted by Gasteiger charge is 1.98. The van der Waals surface area contributed by atoms with E-state index in [4.69, 9.17) is 0 Å². The van der Waals surface area contributed by atoms with Gasteiger partial charge in [0.25, 0.3) is 0 Å². The number of aromatic nitrogens is 4. The van der Waals surface area contributed by atoms with Gasteiger partial charge in [-0.3, -0.25) is 0 Å². The van der Waals surface area contributed by atoms with Crippen molar-refractivity contribution in [2.24, 2.45) is 0 Å². The number of hydrogen-bond acceptors (Lipinski definition) is 3. The van der Waals surface area contributed by atoms with Crippen molar-refractivity contribution < 1.29 is 0 Å². The molecule has 4 heteroatoms. The second-order valence-electron chi connectivity index (χ2n) is 2.32. The van der Waals surface area contributed by atoms with E-state index in [9.17, 15) is 0 Å².